The molecule has 0 radical (unpaired) electrons. The Labute approximate surface area is 162 Å². The van der Waals surface area contributed by atoms with Crippen LogP contribution >= 0.6 is 0 Å². The first-order chi connectivity index (χ1) is 13.0. The van der Waals surface area contributed by atoms with E-state index in [9.17, 15) is 9.59 Å². The van der Waals surface area contributed by atoms with E-state index >= 15 is 0 Å². The zero-order chi connectivity index (χ0) is 19.6. The molecule has 2 rings (SSSR count). The average Bonchev–Trinajstić information content (AvgIpc) is 2.66. The lowest BCUT2D eigenvalue weighted by molar-refractivity contribution is -0.140. The highest BCUT2D eigenvalue weighted by molar-refractivity contribution is 5.88. The second kappa shape index (κ2) is 10.5. The zero-order valence-electron chi connectivity index (χ0n) is 16.6. The van der Waals surface area contributed by atoms with Gasteiger partial charge in [0.05, 0.1) is 6.42 Å². The van der Waals surface area contributed by atoms with Gasteiger partial charge in [0.25, 0.3) is 0 Å². The van der Waals surface area contributed by atoms with E-state index in [-0.39, 0.29) is 11.8 Å². The van der Waals surface area contributed by atoms with Gasteiger partial charge in [0.2, 0.25) is 11.8 Å². The molecular weight excluding hydrogens is 336 g/mol. The van der Waals surface area contributed by atoms with Crippen LogP contribution in [0.2, 0.25) is 0 Å². The van der Waals surface area contributed by atoms with Gasteiger partial charge in [-0.05, 0) is 31.4 Å². The zero-order valence-corrected chi connectivity index (χ0v) is 16.6. The fourth-order valence-corrected chi connectivity index (χ4v) is 3.00. The summed E-state index contributed by atoms with van der Waals surface area (Å²) in [5.41, 5.74) is 3.13. The Morgan fingerprint density at radius 1 is 1.04 bits per heavy atom. The summed E-state index contributed by atoms with van der Waals surface area (Å²) in [4.78, 5) is 27.3. The van der Waals surface area contributed by atoms with Crippen molar-refractivity contribution in [3.63, 3.8) is 0 Å². The second-order valence-electron chi connectivity index (χ2n) is 6.99. The van der Waals surface area contributed by atoms with Crippen molar-refractivity contribution < 1.29 is 9.59 Å². The highest BCUT2D eigenvalue weighted by atomic mass is 16.2. The van der Waals surface area contributed by atoms with E-state index in [1.54, 1.807) is 11.8 Å². The molecule has 1 atom stereocenters. The van der Waals surface area contributed by atoms with Crippen LogP contribution in [0.25, 0.3) is 0 Å². The molecule has 0 heterocycles. The van der Waals surface area contributed by atoms with Crippen molar-refractivity contribution in [2.24, 2.45) is 0 Å². The van der Waals surface area contributed by atoms with Crippen LogP contribution < -0.4 is 5.32 Å². The van der Waals surface area contributed by atoms with Gasteiger partial charge in [-0.2, -0.15) is 0 Å². The minimum Gasteiger partial charge on any atom is -0.354 e. The van der Waals surface area contributed by atoms with Gasteiger partial charge in [-0.15, -0.1) is 0 Å². The fourth-order valence-electron chi connectivity index (χ4n) is 3.00. The number of nitrogens with zero attached hydrogens (tertiary/aromatic N) is 1. The molecule has 0 aromatic heterocycles. The molecule has 0 saturated carbocycles. The van der Waals surface area contributed by atoms with E-state index in [1.165, 1.54) is 0 Å². The summed E-state index contributed by atoms with van der Waals surface area (Å²) in [6, 6.07) is 17.2. The molecule has 2 aromatic carbocycles. The van der Waals surface area contributed by atoms with Crippen molar-refractivity contribution in [1.29, 1.82) is 0 Å². The molecule has 0 aliphatic carbocycles. The third kappa shape index (κ3) is 6.55. The van der Waals surface area contributed by atoms with E-state index in [4.69, 9.17) is 0 Å². The SMILES string of the molecule is CCCCNC(=O)[C@@H](C)N(Cc1cccc(C)c1)C(=O)Cc1ccccc1. The molecule has 0 aliphatic rings. The quantitative estimate of drug-likeness (QED) is 0.685. The Bertz CT molecular complexity index is 743. The Morgan fingerprint density at radius 3 is 2.41 bits per heavy atom. The second-order valence-corrected chi connectivity index (χ2v) is 6.99. The number of benzene rings is 2. The van der Waals surface area contributed by atoms with Crippen molar-refractivity contribution in [3.05, 3.63) is 71.3 Å². The summed E-state index contributed by atoms with van der Waals surface area (Å²) in [6.07, 6.45) is 2.25. The van der Waals surface area contributed by atoms with E-state index in [0.717, 1.165) is 29.5 Å². The van der Waals surface area contributed by atoms with Gasteiger partial charge in [0.15, 0.2) is 0 Å². The summed E-state index contributed by atoms with van der Waals surface area (Å²) >= 11 is 0. The van der Waals surface area contributed by atoms with E-state index in [0.29, 0.717) is 19.5 Å². The number of carbonyl (C=O) groups is 2. The molecule has 2 amide bonds. The number of nitrogens with one attached hydrogen (secondary N) is 1. The Balaban J connectivity index is 2.16. The normalized spacial score (nSPS) is 11.7. The van der Waals surface area contributed by atoms with Crippen LogP contribution in [-0.2, 0) is 22.6 Å². The smallest absolute Gasteiger partial charge is 0.242 e. The van der Waals surface area contributed by atoms with Crippen molar-refractivity contribution >= 4 is 11.8 Å². The molecule has 27 heavy (non-hydrogen) atoms. The predicted molar refractivity (Wildman–Crippen MR) is 109 cm³/mol. The predicted octanol–water partition coefficient (Wildman–Crippen LogP) is 3.87. The molecule has 2 aromatic rings. The molecule has 144 valence electrons. The van der Waals surface area contributed by atoms with Crippen LogP contribution in [0.3, 0.4) is 0 Å². The summed E-state index contributed by atoms with van der Waals surface area (Å²) in [7, 11) is 0. The number of carbonyl (C=O) groups excluding carboxylic acids is 2. The minimum absolute atomic E-state index is 0.0409. The monoisotopic (exact) mass is 366 g/mol. The van der Waals surface area contributed by atoms with Gasteiger partial charge >= 0.3 is 0 Å². The highest BCUT2D eigenvalue weighted by Gasteiger charge is 2.26. The topological polar surface area (TPSA) is 49.4 Å². The van der Waals surface area contributed by atoms with Gasteiger partial charge < -0.3 is 10.2 Å². The average molecular weight is 367 g/mol. The summed E-state index contributed by atoms with van der Waals surface area (Å²) in [6.45, 7) is 6.99. The van der Waals surface area contributed by atoms with Crippen LogP contribution in [0.5, 0.6) is 0 Å². The molecule has 0 aliphatic heterocycles. The Hall–Kier alpha value is -2.62. The summed E-state index contributed by atoms with van der Waals surface area (Å²) in [5, 5.41) is 2.95. The first-order valence-corrected chi connectivity index (χ1v) is 9.68. The summed E-state index contributed by atoms with van der Waals surface area (Å²) in [5.74, 6) is -0.140. The minimum atomic E-state index is -0.515. The standard InChI is InChI=1S/C23H30N2O2/c1-4-5-14-24-23(27)19(3)25(17-21-13-9-10-18(2)15-21)22(26)16-20-11-7-6-8-12-20/h6-13,15,19H,4-5,14,16-17H2,1-3H3,(H,24,27)/t19-/m1/s1. The lowest BCUT2D eigenvalue weighted by Gasteiger charge is -2.29. The highest BCUT2D eigenvalue weighted by Crippen LogP contribution is 2.13. The number of unbranched alkanes of at least 4 members (excludes halogenated alkanes) is 1. The van der Waals surface area contributed by atoms with E-state index < -0.39 is 6.04 Å². The fraction of sp³-hybridized carbons (Fsp3) is 0.391. The number of hydrogen-bond acceptors (Lipinski definition) is 2. The van der Waals surface area contributed by atoms with Crippen LogP contribution in [0.1, 0.15) is 43.4 Å². The molecule has 0 spiro atoms. The van der Waals surface area contributed by atoms with Crippen molar-refractivity contribution in [1.82, 2.24) is 10.2 Å². The van der Waals surface area contributed by atoms with E-state index in [1.807, 2.05) is 55.5 Å². The van der Waals surface area contributed by atoms with Gasteiger partial charge in [0, 0.05) is 13.1 Å². The van der Waals surface area contributed by atoms with Crippen LogP contribution in [0.15, 0.2) is 54.6 Å². The van der Waals surface area contributed by atoms with Gasteiger partial charge in [-0.1, -0.05) is 73.5 Å². The van der Waals surface area contributed by atoms with E-state index in [2.05, 4.69) is 18.3 Å². The van der Waals surface area contributed by atoms with Gasteiger partial charge in [-0.3, -0.25) is 9.59 Å². The van der Waals surface area contributed by atoms with Crippen LogP contribution in [-0.4, -0.2) is 29.3 Å². The maximum absolute atomic E-state index is 13.0. The molecule has 0 bridgehead atoms. The summed E-state index contributed by atoms with van der Waals surface area (Å²) < 4.78 is 0. The number of rotatable bonds is 9. The van der Waals surface area contributed by atoms with Gasteiger partial charge in [0.1, 0.15) is 6.04 Å². The van der Waals surface area contributed by atoms with Crippen LogP contribution in [0, 0.1) is 6.92 Å². The first kappa shape index (κ1) is 20.7. The lowest BCUT2D eigenvalue weighted by atomic mass is 10.1. The maximum atomic E-state index is 13.0. The molecular formula is C23H30N2O2. The molecule has 0 unspecified atom stereocenters. The molecule has 4 heteroatoms. The lowest BCUT2D eigenvalue weighted by Crippen LogP contribution is -2.48. The van der Waals surface area contributed by atoms with Crippen molar-refractivity contribution in [2.45, 2.75) is 52.6 Å². The number of hydrogen-bond donors (Lipinski definition) is 1. The van der Waals surface area contributed by atoms with Crippen LogP contribution in [0.4, 0.5) is 0 Å². The maximum Gasteiger partial charge on any atom is 0.242 e. The Morgan fingerprint density at radius 2 is 1.74 bits per heavy atom. The van der Waals surface area contributed by atoms with Crippen molar-refractivity contribution in [3.8, 4) is 0 Å². The number of amides is 2. The molecule has 0 fully saturated rings. The number of aryl methyl sites for hydroxylation is 1. The largest absolute Gasteiger partial charge is 0.354 e. The van der Waals surface area contributed by atoms with Crippen molar-refractivity contribution in [2.75, 3.05) is 6.54 Å². The first-order valence-electron chi connectivity index (χ1n) is 9.68. The third-order valence-electron chi connectivity index (χ3n) is 4.63. The Kier molecular flexibility index (Phi) is 8.05. The molecule has 1 N–H and O–H groups in total. The molecule has 4 nitrogen and oxygen atoms in total. The molecule has 0 saturated heterocycles. The third-order valence-corrected chi connectivity index (χ3v) is 4.63. The van der Waals surface area contributed by atoms with Gasteiger partial charge in [-0.25, -0.2) is 0 Å².